The van der Waals surface area contributed by atoms with Crippen molar-refractivity contribution in [2.75, 3.05) is 38.6 Å². The minimum Gasteiger partial charge on any atom is -0.329 e. The van der Waals surface area contributed by atoms with Crippen LogP contribution in [0.4, 0.5) is 5.69 Å². The van der Waals surface area contributed by atoms with Crippen LogP contribution in [0.2, 0.25) is 0 Å². The molecule has 0 bridgehead atoms. The van der Waals surface area contributed by atoms with Gasteiger partial charge in [-0.1, -0.05) is 0 Å². The molecule has 1 spiro atoms. The number of aromatic nitrogens is 2. The smallest absolute Gasteiger partial charge is 0.214 e. The van der Waals surface area contributed by atoms with Gasteiger partial charge >= 0.3 is 0 Å². The fraction of sp³-hybridized carbons (Fsp3) is 0.625. The molecule has 1 aliphatic heterocycles. The zero-order chi connectivity index (χ0) is 22.3. The van der Waals surface area contributed by atoms with E-state index in [1.54, 1.807) is 11.1 Å². The highest BCUT2D eigenvalue weighted by molar-refractivity contribution is 5.87. The van der Waals surface area contributed by atoms with Gasteiger partial charge in [0.25, 0.3) is 0 Å². The second-order valence-corrected chi connectivity index (χ2v) is 9.02. The highest BCUT2D eigenvalue weighted by Gasteiger charge is 2.36. The van der Waals surface area contributed by atoms with Crippen molar-refractivity contribution in [3.05, 3.63) is 24.0 Å². The highest BCUT2D eigenvalue weighted by atomic mass is 16.1. The summed E-state index contributed by atoms with van der Waals surface area (Å²) in [6.45, 7) is 4.83. The van der Waals surface area contributed by atoms with Gasteiger partial charge in [0.2, 0.25) is 6.41 Å². The molecule has 1 saturated carbocycles. The number of carbonyl (C=O) groups excluding carboxylic acids is 2. The SMILES string of the molecule is CNC.Cc1cn(C2CCC3(CCNCC3)CC2)c2ncc(N(C=O)CCC=O)cc12. The normalized spacial score (nSPS) is 18.4. The summed E-state index contributed by atoms with van der Waals surface area (Å²) < 4.78 is 2.36. The van der Waals surface area contributed by atoms with Gasteiger partial charge < -0.3 is 24.9 Å². The summed E-state index contributed by atoms with van der Waals surface area (Å²) in [7, 11) is 3.75. The first-order chi connectivity index (χ1) is 15.1. The van der Waals surface area contributed by atoms with Gasteiger partial charge in [-0.2, -0.15) is 0 Å². The van der Waals surface area contributed by atoms with Crippen molar-refractivity contribution in [3.8, 4) is 0 Å². The molecule has 31 heavy (non-hydrogen) atoms. The van der Waals surface area contributed by atoms with E-state index in [0.717, 1.165) is 42.5 Å². The summed E-state index contributed by atoms with van der Waals surface area (Å²) in [5, 5.41) is 7.34. The average Bonchev–Trinajstić information content (AvgIpc) is 3.12. The number of amides is 1. The van der Waals surface area contributed by atoms with E-state index in [4.69, 9.17) is 4.98 Å². The first-order valence-electron chi connectivity index (χ1n) is 11.5. The van der Waals surface area contributed by atoms with Gasteiger partial charge in [-0.05, 0) is 89.7 Å². The molecule has 1 aliphatic carbocycles. The minimum absolute atomic E-state index is 0.329. The molecular formula is C24H37N5O2. The quantitative estimate of drug-likeness (QED) is 0.692. The van der Waals surface area contributed by atoms with Gasteiger partial charge in [0.1, 0.15) is 11.9 Å². The zero-order valence-electron chi connectivity index (χ0n) is 19.2. The zero-order valence-corrected chi connectivity index (χ0v) is 19.2. The Morgan fingerprint density at radius 2 is 1.90 bits per heavy atom. The van der Waals surface area contributed by atoms with Crippen molar-refractivity contribution in [2.24, 2.45) is 5.41 Å². The van der Waals surface area contributed by atoms with Crippen molar-refractivity contribution < 1.29 is 9.59 Å². The predicted octanol–water partition coefficient (Wildman–Crippen LogP) is 3.22. The van der Waals surface area contributed by atoms with Crippen LogP contribution in [0, 0.1) is 12.3 Å². The summed E-state index contributed by atoms with van der Waals surface area (Å²) in [6, 6.07) is 2.54. The van der Waals surface area contributed by atoms with Gasteiger partial charge in [-0.15, -0.1) is 0 Å². The number of anilines is 1. The standard InChI is InChI=1S/C22H30N4O2.C2H7N/c1-17-15-26(18-3-5-22(6-4-18)7-9-23-10-8-22)21-20(17)13-19(14-24-21)25(16-28)11-2-12-27;1-3-2/h12-16,18,23H,2-11H2,1H3;3H,1-2H3. The molecule has 1 saturated heterocycles. The van der Waals surface area contributed by atoms with Crippen molar-refractivity contribution in [1.82, 2.24) is 20.2 Å². The van der Waals surface area contributed by atoms with Crippen LogP contribution in [-0.4, -0.2) is 56.0 Å². The van der Waals surface area contributed by atoms with E-state index in [-0.39, 0.29) is 0 Å². The van der Waals surface area contributed by atoms with E-state index >= 15 is 0 Å². The van der Waals surface area contributed by atoms with Crippen LogP contribution in [0.25, 0.3) is 11.0 Å². The van der Waals surface area contributed by atoms with E-state index in [0.29, 0.717) is 24.4 Å². The molecule has 2 aliphatic rings. The van der Waals surface area contributed by atoms with E-state index in [1.165, 1.54) is 44.1 Å². The van der Waals surface area contributed by atoms with Crippen molar-refractivity contribution in [2.45, 2.75) is 57.9 Å². The molecule has 170 valence electrons. The summed E-state index contributed by atoms with van der Waals surface area (Å²) >= 11 is 0. The molecule has 2 N–H and O–H groups in total. The Labute approximate surface area is 185 Å². The maximum Gasteiger partial charge on any atom is 0.214 e. The Morgan fingerprint density at radius 1 is 1.23 bits per heavy atom. The Morgan fingerprint density at radius 3 is 2.52 bits per heavy atom. The molecule has 1 amide bonds. The number of pyridine rings is 1. The number of rotatable bonds is 6. The number of carbonyl (C=O) groups is 2. The largest absolute Gasteiger partial charge is 0.329 e. The van der Waals surface area contributed by atoms with Crippen molar-refractivity contribution in [3.63, 3.8) is 0 Å². The predicted molar refractivity (Wildman–Crippen MR) is 126 cm³/mol. The molecule has 7 nitrogen and oxygen atoms in total. The van der Waals surface area contributed by atoms with Crippen LogP contribution in [-0.2, 0) is 9.59 Å². The van der Waals surface area contributed by atoms with Crippen LogP contribution in [0.1, 0.15) is 56.6 Å². The van der Waals surface area contributed by atoms with E-state index in [1.807, 2.05) is 20.2 Å². The first-order valence-corrected chi connectivity index (χ1v) is 11.5. The lowest BCUT2D eigenvalue weighted by Gasteiger charge is -2.43. The van der Waals surface area contributed by atoms with Gasteiger partial charge in [-0.3, -0.25) is 4.79 Å². The third-order valence-electron chi connectivity index (χ3n) is 6.87. The van der Waals surface area contributed by atoms with Crippen LogP contribution in [0.3, 0.4) is 0 Å². The van der Waals surface area contributed by atoms with E-state index in [2.05, 4.69) is 28.3 Å². The fourth-order valence-electron chi connectivity index (χ4n) is 5.10. The summed E-state index contributed by atoms with van der Waals surface area (Å²) in [4.78, 5) is 28.3. The third-order valence-corrected chi connectivity index (χ3v) is 6.87. The van der Waals surface area contributed by atoms with Crippen LogP contribution in [0.5, 0.6) is 0 Å². The lowest BCUT2D eigenvalue weighted by atomic mass is 9.67. The van der Waals surface area contributed by atoms with Gasteiger partial charge in [0, 0.05) is 30.6 Å². The van der Waals surface area contributed by atoms with Gasteiger partial charge in [-0.25, -0.2) is 4.98 Å². The van der Waals surface area contributed by atoms with Crippen LogP contribution in [0.15, 0.2) is 18.5 Å². The molecular weight excluding hydrogens is 390 g/mol. The number of fused-ring (bicyclic) bond motifs is 1. The minimum atomic E-state index is 0.329. The third kappa shape index (κ3) is 5.33. The molecule has 7 heteroatoms. The average molecular weight is 428 g/mol. The molecule has 0 radical (unpaired) electrons. The number of nitrogens with one attached hydrogen (secondary N) is 2. The molecule has 2 aromatic heterocycles. The second kappa shape index (κ2) is 10.9. The Kier molecular flexibility index (Phi) is 8.21. The van der Waals surface area contributed by atoms with Crippen LogP contribution < -0.4 is 15.5 Å². The summed E-state index contributed by atoms with van der Waals surface area (Å²) in [6.07, 6.45) is 13.6. The fourth-order valence-corrected chi connectivity index (χ4v) is 5.10. The first kappa shape index (κ1) is 23.4. The Balaban J connectivity index is 0.000000858. The highest BCUT2D eigenvalue weighted by Crippen LogP contribution is 2.47. The lowest BCUT2D eigenvalue weighted by Crippen LogP contribution is -2.39. The lowest BCUT2D eigenvalue weighted by molar-refractivity contribution is -0.108. The molecule has 2 aromatic rings. The number of hydrogen-bond acceptors (Lipinski definition) is 5. The molecule has 2 fully saturated rings. The summed E-state index contributed by atoms with van der Waals surface area (Å²) in [5.41, 5.74) is 3.51. The van der Waals surface area contributed by atoms with Crippen molar-refractivity contribution >= 4 is 29.4 Å². The maximum atomic E-state index is 11.4. The summed E-state index contributed by atoms with van der Waals surface area (Å²) in [5.74, 6) is 0. The number of piperidine rings is 1. The Hall–Kier alpha value is -2.25. The van der Waals surface area contributed by atoms with Crippen molar-refractivity contribution in [1.29, 1.82) is 0 Å². The monoisotopic (exact) mass is 427 g/mol. The number of hydrogen-bond donors (Lipinski definition) is 2. The van der Waals surface area contributed by atoms with Gasteiger partial charge in [0.05, 0.1) is 11.9 Å². The van der Waals surface area contributed by atoms with E-state index < -0.39 is 0 Å². The number of aldehydes is 1. The van der Waals surface area contributed by atoms with Crippen LogP contribution >= 0.6 is 0 Å². The topological polar surface area (TPSA) is 79.3 Å². The number of nitrogens with zero attached hydrogens (tertiary/aromatic N) is 3. The van der Waals surface area contributed by atoms with Gasteiger partial charge in [0.15, 0.2) is 0 Å². The molecule has 4 rings (SSSR count). The molecule has 0 atom stereocenters. The molecule has 3 heterocycles. The van der Waals surface area contributed by atoms with E-state index in [9.17, 15) is 9.59 Å². The molecule has 0 aromatic carbocycles. The maximum absolute atomic E-state index is 11.4. The molecule has 0 unspecified atom stereocenters. The number of aryl methyl sites for hydroxylation is 1. The Bertz CT molecular complexity index is 862. The second-order valence-electron chi connectivity index (χ2n) is 9.02.